The summed E-state index contributed by atoms with van der Waals surface area (Å²) in [6, 6.07) is 16.6. The number of aromatic nitrogens is 2. The van der Waals surface area contributed by atoms with Gasteiger partial charge in [-0.2, -0.15) is 0 Å². The fraction of sp³-hybridized carbons (Fsp3) is 0.310. The lowest BCUT2D eigenvalue weighted by Gasteiger charge is -2.31. The molecule has 0 bridgehead atoms. The van der Waals surface area contributed by atoms with Crippen LogP contribution in [0.1, 0.15) is 54.3 Å². The number of anilines is 1. The number of rotatable bonds is 7. The number of aryl methyl sites for hydroxylation is 1. The highest BCUT2D eigenvalue weighted by molar-refractivity contribution is 5.97. The van der Waals surface area contributed by atoms with Crippen LogP contribution in [0.25, 0.3) is 11.5 Å². The minimum atomic E-state index is -1.09. The van der Waals surface area contributed by atoms with E-state index >= 15 is 0 Å². The Balaban J connectivity index is 1.14. The number of furan rings is 1. The van der Waals surface area contributed by atoms with E-state index in [4.69, 9.17) is 13.7 Å². The fourth-order valence-electron chi connectivity index (χ4n) is 4.43. The molecule has 4 heterocycles. The summed E-state index contributed by atoms with van der Waals surface area (Å²) in [6.07, 6.45) is 4.92. The smallest absolute Gasteiger partial charge is 0.292 e. The van der Waals surface area contributed by atoms with E-state index in [1.54, 1.807) is 55.5 Å². The predicted octanol–water partition coefficient (Wildman–Crippen LogP) is 5.45. The highest BCUT2D eigenvalue weighted by atomic mass is 16.5. The normalized spacial score (nSPS) is 14.3. The van der Waals surface area contributed by atoms with Crippen molar-refractivity contribution in [2.75, 3.05) is 18.4 Å². The lowest BCUT2D eigenvalue weighted by molar-refractivity contribution is -0.128. The van der Waals surface area contributed by atoms with E-state index in [1.165, 1.54) is 5.56 Å². The first-order valence-electron chi connectivity index (χ1n) is 12.6. The molecule has 9 heteroatoms. The van der Waals surface area contributed by atoms with Crippen LogP contribution in [0.2, 0.25) is 0 Å². The first-order chi connectivity index (χ1) is 18.3. The van der Waals surface area contributed by atoms with E-state index in [-0.39, 0.29) is 17.6 Å². The highest BCUT2D eigenvalue weighted by Crippen LogP contribution is 2.30. The van der Waals surface area contributed by atoms with Crippen LogP contribution >= 0.6 is 0 Å². The molecule has 1 N–H and O–H groups in total. The number of pyridine rings is 1. The van der Waals surface area contributed by atoms with Crippen molar-refractivity contribution in [2.24, 2.45) is 0 Å². The predicted molar refractivity (Wildman–Crippen MR) is 141 cm³/mol. The van der Waals surface area contributed by atoms with Crippen molar-refractivity contribution in [1.82, 2.24) is 15.0 Å². The lowest BCUT2D eigenvalue weighted by atomic mass is 9.89. The number of ether oxygens (including phenoxy) is 1. The second-order valence-electron chi connectivity index (χ2n) is 9.98. The molecule has 0 saturated carbocycles. The molecule has 3 aromatic heterocycles. The zero-order valence-corrected chi connectivity index (χ0v) is 21.6. The summed E-state index contributed by atoms with van der Waals surface area (Å²) < 4.78 is 16.4. The van der Waals surface area contributed by atoms with Crippen LogP contribution < -0.4 is 10.1 Å². The Hall–Kier alpha value is -4.40. The summed E-state index contributed by atoms with van der Waals surface area (Å²) in [5, 5.41) is 6.88. The number of hydrogen-bond acceptors (Lipinski definition) is 7. The van der Waals surface area contributed by atoms with Gasteiger partial charge in [0.25, 0.3) is 11.8 Å². The van der Waals surface area contributed by atoms with Gasteiger partial charge in [-0.15, -0.1) is 0 Å². The van der Waals surface area contributed by atoms with E-state index in [2.05, 4.69) is 15.5 Å². The van der Waals surface area contributed by atoms with Crippen LogP contribution in [0.4, 0.5) is 5.69 Å². The lowest BCUT2D eigenvalue weighted by Crippen LogP contribution is -2.42. The minimum absolute atomic E-state index is 0.169. The van der Waals surface area contributed by atoms with Crippen LogP contribution in [0.15, 0.2) is 76.0 Å². The molecule has 0 unspecified atom stereocenters. The van der Waals surface area contributed by atoms with E-state index in [9.17, 15) is 9.59 Å². The maximum atomic E-state index is 12.9. The van der Waals surface area contributed by atoms with Gasteiger partial charge in [-0.1, -0.05) is 23.4 Å². The molecule has 196 valence electrons. The molecule has 1 aliphatic rings. The number of hydrogen-bond donors (Lipinski definition) is 1. The summed E-state index contributed by atoms with van der Waals surface area (Å²) in [7, 11) is 0. The summed E-state index contributed by atoms with van der Waals surface area (Å²) >= 11 is 0. The monoisotopic (exact) mass is 514 g/mol. The molecule has 0 aliphatic carbocycles. The Bertz CT molecular complexity index is 1380. The van der Waals surface area contributed by atoms with E-state index in [0.29, 0.717) is 42.0 Å². The zero-order chi connectivity index (χ0) is 26.7. The molecule has 0 radical (unpaired) electrons. The maximum Gasteiger partial charge on any atom is 0.292 e. The third kappa shape index (κ3) is 5.61. The Labute approximate surface area is 220 Å². The van der Waals surface area contributed by atoms with Crippen molar-refractivity contribution in [3.8, 4) is 17.3 Å². The Morgan fingerprint density at radius 3 is 2.50 bits per heavy atom. The average molecular weight is 515 g/mol. The maximum absolute atomic E-state index is 12.9. The number of piperidine rings is 1. The van der Waals surface area contributed by atoms with Gasteiger partial charge in [0.2, 0.25) is 11.6 Å². The topological polar surface area (TPSA) is 111 Å². The third-order valence-corrected chi connectivity index (χ3v) is 6.71. The first kappa shape index (κ1) is 25.3. The quantitative estimate of drug-likeness (QED) is 0.349. The van der Waals surface area contributed by atoms with Crippen LogP contribution in [0.3, 0.4) is 0 Å². The number of benzene rings is 1. The third-order valence-electron chi connectivity index (χ3n) is 6.71. The number of carbonyl (C=O) groups is 2. The molecule has 4 aromatic rings. The standard InChI is InChI=1S/C29H30N4O5/c1-19-6-11-26(30-18-19)37-29(2,3)28(35)31-22-9-7-20(8-10-22)21-12-14-33(15-13-21)27(34)25-17-23(32-38-25)24-5-4-16-36-24/h4-11,16-18,21H,12-15H2,1-3H3,(H,31,35). The Morgan fingerprint density at radius 1 is 1.08 bits per heavy atom. The molecule has 2 amide bonds. The van der Waals surface area contributed by atoms with Gasteiger partial charge in [0.05, 0.1) is 6.26 Å². The van der Waals surface area contributed by atoms with Crippen molar-refractivity contribution < 1.29 is 23.3 Å². The second-order valence-corrected chi connectivity index (χ2v) is 9.98. The van der Waals surface area contributed by atoms with Crippen molar-refractivity contribution in [2.45, 2.75) is 45.1 Å². The number of carbonyl (C=O) groups excluding carboxylic acids is 2. The Kier molecular flexibility index (Phi) is 7.00. The summed E-state index contributed by atoms with van der Waals surface area (Å²) in [5.74, 6) is 1.06. The second kappa shape index (κ2) is 10.5. The van der Waals surface area contributed by atoms with E-state index < -0.39 is 5.60 Å². The summed E-state index contributed by atoms with van der Waals surface area (Å²) in [4.78, 5) is 31.8. The van der Waals surface area contributed by atoms with Crippen LogP contribution in [0.5, 0.6) is 5.88 Å². The van der Waals surface area contributed by atoms with Gasteiger partial charge in [0.1, 0.15) is 5.69 Å². The molecular weight excluding hydrogens is 484 g/mol. The summed E-state index contributed by atoms with van der Waals surface area (Å²) in [5.41, 5.74) is 2.29. The largest absolute Gasteiger partial charge is 0.463 e. The van der Waals surface area contributed by atoms with Crippen LogP contribution in [-0.4, -0.2) is 45.5 Å². The van der Waals surface area contributed by atoms with Gasteiger partial charge < -0.3 is 23.9 Å². The van der Waals surface area contributed by atoms with Gasteiger partial charge >= 0.3 is 0 Å². The molecule has 0 atom stereocenters. The van der Waals surface area contributed by atoms with Crippen molar-refractivity contribution in [3.05, 3.63) is 83.9 Å². The number of nitrogens with zero attached hydrogens (tertiary/aromatic N) is 3. The number of likely N-dealkylation sites (tertiary alicyclic amines) is 1. The molecule has 9 nitrogen and oxygen atoms in total. The minimum Gasteiger partial charge on any atom is -0.463 e. The summed E-state index contributed by atoms with van der Waals surface area (Å²) in [6.45, 7) is 6.61. The molecule has 38 heavy (non-hydrogen) atoms. The molecule has 0 spiro atoms. The van der Waals surface area contributed by atoms with E-state index in [1.807, 2.05) is 37.3 Å². The number of amides is 2. The molecule has 1 saturated heterocycles. The van der Waals surface area contributed by atoms with E-state index in [0.717, 1.165) is 18.4 Å². The molecule has 5 rings (SSSR count). The Morgan fingerprint density at radius 2 is 1.84 bits per heavy atom. The first-order valence-corrected chi connectivity index (χ1v) is 12.6. The van der Waals surface area contributed by atoms with Crippen molar-refractivity contribution in [3.63, 3.8) is 0 Å². The van der Waals surface area contributed by atoms with Crippen LogP contribution in [0, 0.1) is 6.92 Å². The molecule has 1 aliphatic heterocycles. The van der Waals surface area contributed by atoms with Gasteiger partial charge in [0.15, 0.2) is 11.4 Å². The SMILES string of the molecule is Cc1ccc(OC(C)(C)C(=O)Nc2ccc(C3CCN(C(=O)c4cc(-c5ccco5)no4)CC3)cc2)nc1. The van der Waals surface area contributed by atoms with Gasteiger partial charge in [0, 0.05) is 37.1 Å². The van der Waals surface area contributed by atoms with Gasteiger partial charge in [-0.05, 0) is 74.9 Å². The zero-order valence-electron chi connectivity index (χ0n) is 21.6. The van der Waals surface area contributed by atoms with Crippen molar-refractivity contribution >= 4 is 17.5 Å². The average Bonchev–Trinajstić information content (AvgIpc) is 3.63. The van der Waals surface area contributed by atoms with Gasteiger partial charge in [-0.3, -0.25) is 9.59 Å². The number of nitrogens with one attached hydrogen (secondary N) is 1. The van der Waals surface area contributed by atoms with Crippen LogP contribution in [-0.2, 0) is 4.79 Å². The molecule has 1 aromatic carbocycles. The molecule has 1 fully saturated rings. The fourth-order valence-corrected chi connectivity index (χ4v) is 4.43. The van der Waals surface area contributed by atoms with Gasteiger partial charge in [-0.25, -0.2) is 4.98 Å². The molecular formula is C29H30N4O5. The highest BCUT2D eigenvalue weighted by Gasteiger charge is 2.31. The van der Waals surface area contributed by atoms with Crippen molar-refractivity contribution in [1.29, 1.82) is 0 Å².